The number of fused-ring (bicyclic) bond motifs is 1. The third-order valence-electron chi connectivity index (χ3n) is 6.32. The van der Waals surface area contributed by atoms with Crippen LogP contribution in [0.15, 0.2) is 38.5 Å². The Balaban J connectivity index is 1.83. The molecule has 0 amide bonds. The molecule has 0 saturated heterocycles. The quantitative estimate of drug-likeness (QED) is 0.334. The number of carbonyl (C=O) groups is 1. The maximum atomic E-state index is 13.4. The first-order chi connectivity index (χ1) is 16.9. The predicted molar refractivity (Wildman–Crippen MR) is 134 cm³/mol. The minimum absolute atomic E-state index is 0.0533. The normalized spacial score (nSPS) is 15.5. The van der Waals surface area contributed by atoms with Gasteiger partial charge in [0.2, 0.25) is 5.03 Å². The second kappa shape index (κ2) is 9.49. The second-order valence-electron chi connectivity index (χ2n) is 9.12. The largest absolute Gasteiger partial charge is 0.483 e. The van der Waals surface area contributed by atoms with Gasteiger partial charge in [0, 0.05) is 16.5 Å². The van der Waals surface area contributed by atoms with E-state index in [2.05, 4.69) is 4.98 Å². The Morgan fingerprint density at radius 3 is 2.58 bits per heavy atom. The molecule has 192 valence electrons. The van der Waals surface area contributed by atoms with Gasteiger partial charge in [-0.1, -0.05) is 11.6 Å². The number of hydrogen-bond acceptors (Lipinski definition) is 8. The zero-order chi connectivity index (χ0) is 26.4. The van der Waals surface area contributed by atoms with Crippen molar-refractivity contribution in [3.63, 3.8) is 0 Å². The van der Waals surface area contributed by atoms with Gasteiger partial charge in [-0.05, 0) is 70.4 Å². The average molecular weight is 535 g/mol. The summed E-state index contributed by atoms with van der Waals surface area (Å²) in [6.07, 6.45) is 0.762. The number of nitrogens with two attached hydrogens (primary N) is 1. The first-order valence-electron chi connectivity index (χ1n) is 11.5. The molecular formula is C25H27ClN2O7S. The number of rotatable bonds is 8. The number of nitrogens with zero attached hydrogens (tertiary/aromatic N) is 1. The van der Waals surface area contributed by atoms with Gasteiger partial charge in [-0.25, -0.2) is 18.5 Å². The summed E-state index contributed by atoms with van der Waals surface area (Å²) in [5, 5.41) is 5.12. The number of esters is 1. The second-order valence-corrected chi connectivity index (χ2v) is 11.0. The van der Waals surface area contributed by atoms with Crippen molar-refractivity contribution < 1.29 is 27.1 Å². The molecule has 1 aliphatic rings. The summed E-state index contributed by atoms with van der Waals surface area (Å²) in [7, 11) is -4.22. The van der Waals surface area contributed by atoms with Crippen molar-refractivity contribution in [3.05, 3.63) is 62.1 Å². The van der Waals surface area contributed by atoms with Gasteiger partial charge in [-0.3, -0.25) is 9.59 Å². The van der Waals surface area contributed by atoms with E-state index in [9.17, 15) is 18.0 Å². The predicted octanol–water partition coefficient (Wildman–Crippen LogP) is 4.23. The summed E-state index contributed by atoms with van der Waals surface area (Å²) in [5.41, 5.74) is 1.31. The first-order valence-corrected chi connectivity index (χ1v) is 13.4. The van der Waals surface area contributed by atoms with Gasteiger partial charge in [-0.2, -0.15) is 0 Å². The number of ether oxygens (including phenoxy) is 2. The van der Waals surface area contributed by atoms with Crippen LogP contribution in [0, 0.1) is 13.8 Å². The zero-order valence-corrected chi connectivity index (χ0v) is 22.0. The van der Waals surface area contributed by atoms with Crippen molar-refractivity contribution in [1.82, 2.24) is 4.98 Å². The number of halogens is 1. The van der Waals surface area contributed by atoms with E-state index in [4.69, 9.17) is 30.6 Å². The summed E-state index contributed by atoms with van der Waals surface area (Å²) in [5.74, 6) is 0.0344. The van der Waals surface area contributed by atoms with Gasteiger partial charge in [0.05, 0.1) is 18.4 Å². The van der Waals surface area contributed by atoms with E-state index < -0.39 is 26.6 Å². The fourth-order valence-electron chi connectivity index (χ4n) is 4.45. The Hall–Kier alpha value is -2.95. The molecule has 2 heterocycles. The maximum Gasteiger partial charge on any atom is 0.306 e. The van der Waals surface area contributed by atoms with Crippen molar-refractivity contribution in [2.24, 2.45) is 5.14 Å². The standard InChI is InChI=1S/C25H27ClN2O7S/c1-5-33-20(29)12-25(8-9-25)23-14(3)21(30)17-11-13(2)10-16(22(17)35-23)15(4)34-18-6-7-19(26)28-24(18)36(27,31)32/h6-7,10-11,15H,5,8-9,12H2,1-4H3,(H2,27,31,32)/t15-/m1/s1. The molecule has 9 nitrogen and oxygen atoms in total. The number of benzene rings is 1. The number of hydrogen-bond donors (Lipinski definition) is 1. The maximum absolute atomic E-state index is 13.4. The smallest absolute Gasteiger partial charge is 0.306 e. The summed E-state index contributed by atoms with van der Waals surface area (Å²) >= 11 is 5.86. The summed E-state index contributed by atoms with van der Waals surface area (Å²) in [4.78, 5) is 29.5. The lowest BCUT2D eigenvalue weighted by atomic mass is 9.93. The lowest BCUT2D eigenvalue weighted by Crippen LogP contribution is -2.21. The number of primary sulfonamides is 1. The fourth-order valence-corrected chi connectivity index (χ4v) is 5.27. The van der Waals surface area contributed by atoms with E-state index in [-0.39, 0.29) is 35.3 Å². The molecule has 1 atom stereocenters. The third kappa shape index (κ3) is 4.98. The van der Waals surface area contributed by atoms with Crippen LogP contribution in [0.4, 0.5) is 0 Å². The highest BCUT2D eigenvalue weighted by molar-refractivity contribution is 7.89. The summed E-state index contributed by atoms with van der Waals surface area (Å²) in [6, 6.07) is 6.30. The molecule has 0 radical (unpaired) electrons. The molecule has 36 heavy (non-hydrogen) atoms. The number of pyridine rings is 1. The molecule has 2 aromatic heterocycles. The molecule has 3 aromatic rings. The Kier molecular flexibility index (Phi) is 6.89. The van der Waals surface area contributed by atoms with E-state index in [0.717, 1.165) is 5.56 Å². The van der Waals surface area contributed by atoms with Crippen LogP contribution in [0.2, 0.25) is 5.15 Å². The van der Waals surface area contributed by atoms with Gasteiger partial charge in [-0.15, -0.1) is 0 Å². The molecule has 0 spiro atoms. The highest BCUT2D eigenvalue weighted by Crippen LogP contribution is 2.52. The molecule has 1 aliphatic carbocycles. The summed E-state index contributed by atoms with van der Waals surface area (Å²) in [6.45, 7) is 7.24. The minimum atomic E-state index is -4.22. The Morgan fingerprint density at radius 1 is 1.28 bits per heavy atom. The Morgan fingerprint density at radius 2 is 1.97 bits per heavy atom. The molecule has 4 rings (SSSR count). The lowest BCUT2D eigenvalue weighted by molar-refractivity contribution is -0.143. The molecule has 0 unspecified atom stereocenters. The third-order valence-corrected chi connectivity index (χ3v) is 7.36. The van der Waals surface area contributed by atoms with Crippen LogP contribution in [0.3, 0.4) is 0 Å². The Bertz CT molecular complexity index is 1530. The van der Waals surface area contributed by atoms with Crippen molar-refractivity contribution in [1.29, 1.82) is 0 Å². The first kappa shape index (κ1) is 26.1. The summed E-state index contributed by atoms with van der Waals surface area (Å²) < 4.78 is 41.6. The zero-order valence-electron chi connectivity index (χ0n) is 20.4. The van der Waals surface area contributed by atoms with Gasteiger partial charge in [0.1, 0.15) is 22.6 Å². The van der Waals surface area contributed by atoms with Crippen LogP contribution in [-0.4, -0.2) is 26.0 Å². The van der Waals surface area contributed by atoms with Crippen LogP contribution in [-0.2, 0) is 25.0 Å². The fraction of sp³-hybridized carbons (Fsp3) is 0.400. The number of carbonyl (C=O) groups excluding carboxylic acids is 1. The monoisotopic (exact) mass is 534 g/mol. The van der Waals surface area contributed by atoms with Gasteiger partial charge in [0.25, 0.3) is 10.0 Å². The van der Waals surface area contributed by atoms with E-state index in [0.29, 0.717) is 40.7 Å². The lowest BCUT2D eigenvalue weighted by Gasteiger charge is -2.21. The van der Waals surface area contributed by atoms with Crippen molar-refractivity contribution >= 4 is 38.6 Å². The Labute approximate surface area is 213 Å². The van der Waals surface area contributed by atoms with E-state index >= 15 is 0 Å². The van der Waals surface area contributed by atoms with Crippen LogP contribution < -0.4 is 15.3 Å². The molecule has 0 bridgehead atoms. The van der Waals surface area contributed by atoms with Crippen molar-refractivity contribution in [2.45, 2.75) is 63.5 Å². The van der Waals surface area contributed by atoms with Crippen LogP contribution in [0.25, 0.3) is 11.0 Å². The number of aromatic nitrogens is 1. The highest BCUT2D eigenvalue weighted by atomic mass is 35.5. The van der Waals surface area contributed by atoms with E-state index in [1.54, 1.807) is 32.9 Å². The molecule has 0 aliphatic heterocycles. The van der Waals surface area contributed by atoms with Gasteiger partial charge in [0.15, 0.2) is 11.2 Å². The molecule has 11 heteroatoms. The molecule has 1 aromatic carbocycles. The SMILES string of the molecule is CCOC(=O)CC1(c2oc3c([C@@H](C)Oc4ccc(Cl)nc4S(N)(=O)=O)cc(C)cc3c(=O)c2C)CC1. The molecule has 2 N–H and O–H groups in total. The van der Waals surface area contributed by atoms with E-state index in [1.807, 2.05) is 6.92 Å². The van der Waals surface area contributed by atoms with Crippen LogP contribution in [0.5, 0.6) is 5.75 Å². The topological polar surface area (TPSA) is 139 Å². The van der Waals surface area contributed by atoms with Gasteiger partial charge < -0.3 is 13.9 Å². The number of aryl methyl sites for hydroxylation is 1. The molecule has 1 fully saturated rings. The van der Waals surface area contributed by atoms with Crippen molar-refractivity contribution in [2.75, 3.05) is 6.61 Å². The van der Waals surface area contributed by atoms with Crippen LogP contribution >= 0.6 is 11.6 Å². The minimum Gasteiger partial charge on any atom is -0.483 e. The number of sulfonamides is 1. The average Bonchev–Trinajstić information content (AvgIpc) is 3.56. The molecular weight excluding hydrogens is 508 g/mol. The highest BCUT2D eigenvalue weighted by Gasteiger charge is 2.50. The van der Waals surface area contributed by atoms with Crippen molar-refractivity contribution in [3.8, 4) is 5.75 Å². The van der Waals surface area contributed by atoms with Gasteiger partial charge >= 0.3 is 5.97 Å². The molecule has 1 saturated carbocycles. The van der Waals surface area contributed by atoms with E-state index in [1.165, 1.54) is 12.1 Å². The van der Waals surface area contributed by atoms with Crippen LogP contribution in [0.1, 0.15) is 61.7 Å².